The van der Waals surface area contributed by atoms with E-state index in [2.05, 4.69) is 20.6 Å². The van der Waals surface area contributed by atoms with Crippen molar-refractivity contribution in [3.63, 3.8) is 0 Å². The Balaban J connectivity index is 1.56. The largest absolute Gasteiger partial charge is 0.387 e. The zero-order valence-electron chi connectivity index (χ0n) is 12.7. The lowest BCUT2D eigenvalue weighted by molar-refractivity contribution is 0.191. The van der Waals surface area contributed by atoms with Crippen molar-refractivity contribution in [2.75, 3.05) is 11.9 Å². The third-order valence-electron chi connectivity index (χ3n) is 3.70. The van der Waals surface area contributed by atoms with Gasteiger partial charge in [0.2, 0.25) is 0 Å². The van der Waals surface area contributed by atoms with Crippen LogP contribution in [-0.2, 0) is 0 Å². The van der Waals surface area contributed by atoms with E-state index in [1.54, 1.807) is 15.9 Å². The van der Waals surface area contributed by atoms with Crippen LogP contribution in [-0.4, -0.2) is 31.5 Å². The molecule has 24 heavy (non-hydrogen) atoms. The van der Waals surface area contributed by atoms with Crippen molar-refractivity contribution in [3.05, 3.63) is 64.9 Å². The number of aliphatic hydroxyl groups excluding tert-OH is 1. The molecule has 4 rings (SSSR count). The van der Waals surface area contributed by atoms with Gasteiger partial charge >= 0.3 is 0 Å². The van der Waals surface area contributed by atoms with Crippen LogP contribution in [0.25, 0.3) is 17.0 Å². The van der Waals surface area contributed by atoms with Crippen LogP contribution in [0.2, 0.25) is 0 Å². The van der Waals surface area contributed by atoms with Gasteiger partial charge in [-0.3, -0.25) is 0 Å². The smallest absolute Gasteiger partial charge is 0.186 e. The van der Waals surface area contributed by atoms with Crippen LogP contribution >= 0.6 is 11.3 Å². The van der Waals surface area contributed by atoms with E-state index in [-0.39, 0.29) is 0 Å². The molecule has 7 heteroatoms. The molecule has 4 aromatic rings. The molecule has 3 heterocycles. The van der Waals surface area contributed by atoms with Gasteiger partial charge in [0.05, 0.1) is 6.10 Å². The van der Waals surface area contributed by atoms with Gasteiger partial charge in [-0.1, -0.05) is 30.3 Å². The van der Waals surface area contributed by atoms with Crippen molar-refractivity contribution in [2.45, 2.75) is 6.10 Å². The summed E-state index contributed by atoms with van der Waals surface area (Å²) in [7, 11) is 0. The lowest BCUT2D eigenvalue weighted by atomic mass is 10.1. The number of rotatable bonds is 5. The predicted octanol–water partition coefficient (Wildman–Crippen LogP) is 3.00. The average molecular weight is 337 g/mol. The number of aromatic nitrogens is 4. The number of aliphatic hydroxyl groups is 1. The lowest BCUT2D eigenvalue weighted by Gasteiger charge is -2.12. The van der Waals surface area contributed by atoms with E-state index in [0.717, 1.165) is 11.1 Å². The maximum absolute atomic E-state index is 10.2. The molecule has 0 amide bonds. The summed E-state index contributed by atoms with van der Waals surface area (Å²) in [6.45, 7) is 0.373. The Kier molecular flexibility index (Phi) is 3.94. The highest BCUT2D eigenvalue weighted by molar-refractivity contribution is 7.08. The molecule has 0 fully saturated rings. The molecule has 1 unspecified atom stereocenters. The summed E-state index contributed by atoms with van der Waals surface area (Å²) < 4.78 is 1.71. The molecule has 120 valence electrons. The number of nitrogens with zero attached hydrogens (tertiary/aromatic N) is 4. The molecule has 1 aromatic carbocycles. The molecule has 0 saturated heterocycles. The van der Waals surface area contributed by atoms with Gasteiger partial charge in [-0.25, -0.2) is 0 Å². The van der Waals surface area contributed by atoms with Crippen LogP contribution in [0.4, 0.5) is 5.82 Å². The van der Waals surface area contributed by atoms with E-state index in [9.17, 15) is 5.11 Å². The molecule has 3 aromatic heterocycles. The molecular weight excluding hydrogens is 322 g/mol. The van der Waals surface area contributed by atoms with E-state index in [1.165, 1.54) is 0 Å². The Morgan fingerprint density at radius 2 is 1.96 bits per heavy atom. The van der Waals surface area contributed by atoms with Crippen LogP contribution < -0.4 is 5.32 Å². The van der Waals surface area contributed by atoms with Crippen molar-refractivity contribution in [3.8, 4) is 11.4 Å². The summed E-state index contributed by atoms with van der Waals surface area (Å²) in [6.07, 6.45) is -0.596. The van der Waals surface area contributed by atoms with Gasteiger partial charge in [0, 0.05) is 17.5 Å². The van der Waals surface area contributed by atoms with Gasteiger partial charge in [0.15, 0.2) is 11.5 Å². The van der Waals surface area contributed by atoms with Crippen molar-refractivity contribution in [1.29, 1.82) is 0 Å². The summed E-state index contributed by atoms with van der Waals surface area (Å²) in [4.78, 5) is 0. The summed E-state index contributed by atoms with van der Waals surface area (Å²) in [5.41, 5.74) is 2.54. The Labute approximate surface area is 142 Å². The zero-order valence-corrected chi connectivity index (χ0v) is 13.5. The van der Waals surface area contributed by atoms with E-state index in [4.69, 9.17) is 0 Å². The first kappa shape index (κ1) is 14.8. The van der Waals surface area contributed by atoms with Crippen molar-refractivity contribution in [2.24, 2.45) is 0 Å². The first-order chi connectivity index (χ1) is 11.8. The topological polar surface area (TPSA) is 75.3 Å². The average Bonchev–Trinajstić information content (AvgIpc) is 3.29. The Morgan fingerprint density at radius 3 is 2.75 bits per heavy atom. The van der Waals surface area contributed by atoms with Crippen LogP contribution in [0, 0.1) is 0 Å². The summed E-state index contributed by atoms with van der Waals surface area (Å²) in [5, 5.41) is 30.3. The number of hydrogen-bond acceptors (Lipinski definition) is 6. The summed E-state index contributed by atoms with van der Waals surface area (Å²) >= 11 is 1.60. The second-order valence-corrected chi connectivity index (χ2v) is 6.11. The standard InChI is InChI=1S/C17H15N5OS/c23-14(12-4-2-1-3-5-12)10-18-15-6-7-16-19-20-17(22(16)21-15)13-8-9-24-11-13/h1-9,11,14,23H,10H2,(H,18,21). The van der Waals surface area contributed by atoms with E-state index in [1.807, 2.05) is 59.3 Å². The monoisotopic (exact) mass is 337 g/mol. The fourth-order valence-corrected chi connectivity index (χ4v) is 3.08. The quantitative estimate of drug-likeness (QED) is 0.585. The molecule has 0 saturated carbocycles. The van der Waals surface area contributed by atoms with Crippen molar-refractivity contribution >= 4 is 22.8 Å². The fraction of sp³-hybridized carbons (Fsp3) is 0.118. The maximum Gasteiger partial charge on any atom is 0.186 e. The van der Waals surface area contributed by atoms with Crippen molar-refractivity contribution in [1.82, 2.24) is 19.8 Å². The van der Waals surface area contributed by atoms with Gasteiger partial charge in [0.25, 0.3) is 0 Å². The minimum absolute atomic E-state index is 0.373. The normalized spacial score (nSPS) is 12.4. The first-order valence-corrected chi connectivity index (χ1v) is 8.47. The van der Waals surface area contributed by atoms with E-state index < -0.39 is 6.10 Å². The highest BCUT2D eigenvalue weighted by atomic mass is 32.1. The highest BCUT2D eigenvalue weighted by Crippen LogP contribution is 2.21. The summed E-state index contributed by atoms with van der Waals surface area (Å²) in [6, 6.07) is 15.2. The Morgan fingerprint density at radius 1 is 1.08 bits per heavy atom. The second-order valence-electron chi connectivity index (χ2n) is 5.33. The molecule has 6 nitrogen and oxygen atoms in total. The van der Waals surface area contributed by atoms with Gasteiger partial charge in [-0.2, -0.15) is 15.9 Å². The first-order valence-electron chi connectivity index (χ1n) is 7.53. The van der Waals surface area contributed by atoms with Crippen LogP contribution in [0.5, 0.6) is 0 Å². The van der Waals surface area contributed by atoms with Gasteiger partial charge < -0.3 is 10.4 Å². The third kappa shape index (κ3) is 2.86. The van der Waals surface area contributed by atoms with Crippen molar-refractivity contribution < 1.29 is 5.11 Å². The number of nitrogens with one attached hydrogen (secondary N) is 1. The molecule has 1 atom stereocenters. The molecule has 0 aliphatic heterocycles. The van der Waals surface area contributed by atoms with Crippen LogP contribution in [0.3, 0.4) is 0 Å². The zero-order chi connectivity index (χ0) is 16.4. The van der Waals surface area contributed by atoms with Crippen LogP contribution in [0.15, 0.2) is 59.3 Å². The Bertz CT molecular complexity index is 936. The number of hydrogen-bond donors (Lipinski definition) is 2. The third-order valence-corrected chi connectivity index (χ3v) is 4.39. The second kappa shape index (κ2) is 6.38. The number of thiophene rings is 1. The molecule has 0 spiro atoms. The molecule has 0 aliphatic carbocycles. The van der Waals surface area contributed by atoms with Crippen LogP contribution in [0.1, 0.15) is 11.7 Å². The molecule has 2 N–H and O–H groups in total. The minimum Gasteiger partial charge on any atom is -0.387 e. The van der Waals surface area contributed by atoms with E-state index >= 15 is 0 Å². The molecule has 0 radical (unpaired) electrons. The SMILES string of the molecule is OC(CNc1ccc2nnc(-c3ccsc3)n2n1)c1ccccc1. The maximum atomic E-state index is 10.2. The molecule has 0 aliphatic rings. The number of benzene rings is 1. The summed E-state index contributed by atoms with van der Waals surface area (Å²) in [5.74, 6) is 1.37. The van der Waals surface area contributed by atoms with Gasteiger partial charge in [-0.15, -0.1) is 15.3 Å². The fourth-order valence-electron chi connectivity index (χ4n) is 2.45. The predicted molar refractivity (Wildman–Crippen MR) is 94.0 cm³/mol. The van der Waals surface area contributed by atoms with Gasteiger partial charge in [-0.05, 0) is 29.1 Å². The van der Waals surface area contributed by atoms with Gasteiger partial charge in [0.1, 0.15) is 5.82 Å². The number of anilines is 1. The molecular formula is C17H15N5OS. The highest BCUT2D eigenvalue weighted by Gasteiger charge is 2.11. The Hall–Kier alpha value is -2.77. The molecule has 0 bridgehead atoms. The number of fused-ring (bicyclic) bond motifs is 1. The van der Waals surface area contributed by atoms with E-state index in [0.29, 0.717) is 23.8 Å². The minimum atomic E-state index is -0.596. The lowest BCUT2D eigenvalue weighted by Crippen LogP contribution is -2.13.